The second-order valence-electron chi connectivity index (χ2n) is 3.28. The highest BCUT2D eigenvalue weighted by Crippen LogP contribution is 2.13. The maximum Gasteiger partial charge on any atom is 0.350 e. The predicted octanol–water partition coefficient (Wildman–Crippen LogP) is 1.85. The van der Waals surface area contributed by atoms with Gasteiger partial charge in [-0.05, 0) is 19.1 Å². The Morgan fingerprint density at radius 1 is 1.53 bits per heavy atom. The number of halogens is 2. The van der Waals surface area contributed by atoms with Gasteiger partial charge in [0.1, 0.15) is 11.9 Å². The third kappa shape index (κ3) is 4.27. The lowest BCUT2D eigenvalue weighted by molar-refractivity contribution is -0.138. The lowest BCUT2D eigenvalue weighted by Gasteiger charge is -2.07. The van der Waals surface area contributed by atoms with Crippen LogP contribution in [-0.2, 0) is 9.53 Å². The Morgan fingerprint density at radius 2 is 2.26 bits per heavy atom. The molecular formula is C12H11F2N3O2. The average Bonchev–Trinajstić information content (AvgIpc) is 2.37. The van der Waals surface area contributed by atoms with Crippen molar-refractivity contribution in [3.8, 4) is 6.07 Å². The van der Waals surface area contributed by atoms with Crippen LogP contribution in [0.25, 0.3) is 0 Å². The zero-order valence-corrected chi connectivity index (χ0v) is 10.0. The summed E-state index contributed by atoms with van der Waals surface area (Å²) in [4.78, 5) is 11.2. The third-order valence-corrected chi connectivity index (χ3v) is 1.97. The molecule has 0 aliphatic carbocycles. The number of carbonyl (C=O) groups is 1. The van der Waals surface area contributed by atoms with E-state index in [2.05, 4.69) is 15.6 Å². The summed E-state index contributed by atoms with van der Waals surface area (Å²) in [5.74, 6) is -2.31. The van der Waals surface area contributed by atoms with Crippen LogP contribution in [0, 0.1) is 23.0 Å². The standard InChI is InChI=1S/C12H11F2N3O2/c1-2-19-12(18)8(6-15)7-16-17-11-4-3-9(13)5-10(11)14/h3-5,7,16-17H,2H2,1H3/b8-7+. The van der Waals surface area contributed by atoms with Crippen molar-refractivity contribution >= 4 is 11.7 Å². The number of benzene rings is 1. The SMILES string of the molecule is CCOC(=O)/C(C#N)=C/NNc1ccc(F)cc1F. The predicted molar refractivity (Wildman–Crippen MR) is 63.4 cm³/mol. The molecule has 0 aliphatic heterocycles. The largest absolute Gasteiger partial charge is 0.462 e. The Hall–Kier alpha value is -2.62. The van der Waals surface area contributed by atoms with Gasteiger partial charge in [-0.25, -0.2) is 13.6 Å². The molecule has 0 amide bonds. The number of esters is 1. The van der Waals surface area contributed by atoms with Crippen molar-refractivity contribution in [3.05, 3.63) is 41.6 Å². The van der Waals surface area contributed by atoms with Gasteiger partial charge in [0.2, 0.25) is 0 Å². The molecule has 0 aromatic heterocycles. The molecule has 0 aliphatic rings. The number of hydrazine groups is 1. The Kier molecular flexibility index (Phi) is 5.29. The highest BCUT2D eigenvalue weighted by atomic mass is 19.1. The molecule has 19 heavy (non-hydrogen) atoms. The van der Waals surface area contributed by atoms with E-state index in [1.54, 1.807) is 13.0 Å². The van der Waals surface area contributed by atoms with Gasteiger partial charge in [0, 0.05) is 12.3 Å². The molecule has 0 fully saturated rings. The Morgan fingerprint density at radius 3 is 2.84 bits per heavy atom. The molecule has 2 N–H and O–H groups in total. The molecule has 0 atom stereocenters. The van der Waals surface area contributed by atoms with Gasteiger partial charge < -0.3 is 10.2 Å². The van der Waals surface area contributed by atoms with E-state index in [9.17, 15) is 13.6 Å². The number of carbonyl (C=O) groups excluding carboxylic acids is 1. The van der Waals surface area contributed by atoms with E-state index in [-0.39, 0.29) is 17.9 Å². The van der Waals surface area contributed by atoms with Crippen LogP contribution >= 0.6 is 0 Å². The van der Waals surface area contributed by atoms with E-state index >= 15 is 0 Å². The summed E-state index contributed by atoms with van der Waals surface area (Å²) in [7, 11) is 0. The highest BCUT2D eigenvalue weighted by molar-refractivity contribution is 5.92. The molecule has 1 aromatic rings. The topological polar surface area (TPSA) is 74.2 Å². The van der Waals surface area contributed by atoms with Crippen molar-refractivity contribution in [1.29, 1.82) is 5.26 Å². The Balaban J connectivity index is 2.66. The van der Waals surface area contributed by atoms with Crippen molar-refractivity contribution in [1.82, 2.24) is 5.43 Å². The highest BCUT2D eigenvalue weighted by Gasteiger charge is 2.09. The fraction of sp³-hybridized carbons (Fsp3) is 0.167. The Bertz CT molecular complexity index is 538. The second-order valence-corrected chi connectivity index (χ2v) is 3.28. The van der Waals surface area contributed by atoms with E-state index in [0.717, 1.165) is 12.3 Å². The first-order valence-electron chi connectivity index (χ1n) is 5.32. The van der Waals surface area contributed by atoms with Gasteiger partial charge in [-0.3, -0.25) is 5.43 Å². The summed E-state index contributed by atoms with van der Waals surface area (Å²) < 4.78 is 30.5. The molecule has 0 bridgehead atoms. The normalized spacial score (nSPS) is 10.5. The molecule has 0 radical (unpaired) electrons. The monoisotopic (exact) mass is 267 g/mol. The number of nitriles is 1. The summed E-state index contributed by atoms with van der Waals surface area (Å²) in [6.45, 7) is 1.74. The molecule has 0 saturated carbocycles. The summed E-state index contributed by atoms with van der Waals surface area (Å²) in [5.41, 5.74) is 4.42. The molecular weight excluding hydrogens is 256 g/mol. The van der Waals surface area contributed by atoms with Gasteiger partial charge in [-0.15, -0.1) is 0 Å². The smallest absolute Gasteiger partial charge is 0.350 e. The Labute approximate surface area is 108 Å². The first kappa shape index (κ1) is 14.4. The van der Waals surface area contributed by atoms with E-state index < -0.39 is 17.6 Å². The fourth-order valence-electron chi connectivity index (χ4n) is 1.12. The van der Waals surface area contributed by atoms with Crippen LogP contribution < -0.4 is 10.9 Å². The molecule has 0 heterocycles. The number of ether oxygens (including phenoxy) is 1. The number of hydrogen-bond acceptors (Lipinski definition) is 5. The maximum atomic E-state index is 13.2. The minimum absolute atomic E-state index is 0.0289. The van der Waals surface area contributed by atoms with Crippen LogP contribution in [-0.4, -0.2) is 12.6 Å². The molecule has 1 aromatic carbocycles. The van der Waals surface area contributed by atoms with Crippen LogP contribution in [0.3, 0.4) is 0 Å². The molecule has 0 spiro atoms. The number of anilines is 1. The van der Waals surface area contributed by atoms with Crippen LogP contribution in [0.1, 0.15) is 6.92 Å². The van der Waals surface area contributed by atoms with Crippen LogP contribution in [0.5, 0.6) is 0 Å². The molecule has 100 valence electrons. The summed E-state index contributed by atoms with van der Waals surface area (Å²) in [6.07, 6.45) is 1.03. The lowest BCUT2D eigenvalue weighted by atomic mass is 10.3. The number of hydrogen-bond donors (Lipinski definition) is 2. The first-order valence-corrected chi connectivity index (χ1v) is 5.32. The molecule has 0 unspecified atom stereocenters. The summed E-state index contributed by atoms with van der Waals surface area (Å²) in [6, 6.07) is 4.56. The van der Waals surface area contributed by atoms with Gasteiger partial charge >= 0.3 is 5.97 Å². The van der Waals surface area contributed by atoms with Crippen molar-refractivity contribution in [3.63, 3.8) is 0 Å². The van der Waals surface area contributed by atoms with E-state index in [1.165, 1.54) is 6.07 Å². The zero-order valence-electron chi connectivity index (χ0n) is 10.0. The average molecular weight is 267 g/mol. The number of nitrogens with zero attached hydrogens (tertiary/aromatic N) is 1. The zero-order chi connectivity index (χ0) is 14.3. The fourth-order valence-corrected chi connectivity index (χ4v) is 1.12. The van der Waals surface area contributed by atoms with E-state index in [1.807, 2.05) is 0 Å². The van der Waals surface area contributed by atoms with Gasteiger partial charge in [-0.2, -0.15) is 5.26 Å². The van der Waals surface area contributed by atoms with Crippen molar-refractivity contribution in [2.75, 3.05) is 12.0 Å². The van der Waals surface area contributed by atoms with Crippen LogP contribution in [0.15, 0.2) is 30.0 Å². The summed E-state index contributed by atoms with van der Waals surface area (Å²) >= 11 is 0. The molecule has 1 rings (SSSR count). The van der Waals surface area contributed by atoms with Crippen molar-refractivity contribution < 1.29 is 18.3 Å². The van der Waals surface area contributed by atoms with E-state index in [4.69, 9.17) is 5.26 Å². The number of rotatable bonds is 5. The van der Waals surface area contributed by atoms with Crippen LogP contribution in [0.4, 0.5) is 14.5 Å². The molecule has 0 saturated heterocycles. The maximum absolute atomic E-state index is 13.2. The second kappa shape index (κ2) is 6.96. The minimum Gasteiger partial charge on any atom is -0.462 e. The quantitative estimate of drug-likeness (QED) is 0.368. The van der Waals surface area contributed by atoms with Crippen molar-refractivity contribution in [2.24, 2.45) is 0 Å². The minimum atomic E-state index is -0.810. The molecule has 7 heteroatoms. The van der Waals surface area contributed by atoms with Gasteiger partial charge in [0.05, 0.1) is 12.3 Å². The van der Waals surface area contributed by atoms with E-state index in [0.29, 0.717) is 6.07 Å². The lowest BCUT2D eigenvalue weighted by Crippen LogP contribution is -2.18. The number of nitrogens with one attached hydrogen (secondary N) is 2. The van der Waals surface area contributed by atoms with Gasteiger partial charge in [0.25, 0.3) is 0 Å². The summed E-state index contributed by atoms with van der Waals surface area (Å²) in [5, 5.41) is 8.70. The van der Waals surface area contributed by atoms with Crippen LogP contribution in [0.2, 0.25) is 0 Å². The first-order chi connectivity index (χ1) is 9.08. The van der Waals surface area contributed by atoms with Gasteiger partial charge in [0.15, 0.2) is 11.4 Å². The third-order valence-electron chi connectivity index (χ3n) is 1.97. The van der Waals surface area contributed by atoms with Crippen molar-refractivity contribution in [2.45, 2.75) is 6.92 Å². The van der Waals surface area contributed by atoms with Gasteiger partial charge in [-0.1, -0.05) is 0 Å². The molecule has 5 nitrogen and oxygen atoms in total.